The van der Waals surface area contributed by atoms with Gasteiger partial charge >= 0.3 is 0 Å². The van der Waals surface area contributed by atoms with E-state index in [9.17, 15) is 20.0 Å². The number of halogens is 1. The summed E-state index contributed by atoms with van der Waals surface area (Å²) in [4.78, 5) is 22.8. The number of non-ortho nitro benzene ring substituents is 1. The molecule has 0 aliphatic carbocycles. The number of hydrogen-bond acceptors (Lipinski definition) is 5. The first kappa shape index (κ1) is 19.4. The van der Waals surface area contributed by atoms with Crippen molar-refractivity contribution in [2.24, 2.45) is 0 Å². The highest BCUT2D eigenvalue weighted by atomic mass is 79.9. The Hall–Kier alpha value is -3.39. The van der Waals surface area contributed by atoms with Crippen LogP contribution in [0.5, 0.6) is 5.75 Å². The number of phenolic OH excluding ortho intramolecular Hbond substituents is 1. The second-order valence-electron chi connectivity index (χ2n) is 5.94. The van der Waals surface area contributed by atoms with Gasteiger partial charge in [-0.1, -0.05) is 42.5 Å². The number of nitrogens with one attached hydrogen (secondary N) is 2. The van der Waals surface area contributed by atoms with Crippen LogP contribution in [0.4, 0.5) is 11.4 Å². The van der Waals surface area contributed by atoms with E-state index in [-0.39, 0.29) is 23.9 Å². The van der Waals surface area contributed by atoms with Gasteiger partial charge in [0.25, 0.3) is 11.6 Å². The van der Waals surface area contributed by atoms with E-state index in [0.717, 1.165) is 11.1 Å². The topological polar surface area (TPSA) is 104 Å². The molecule has 0 aliphatic rings. The number of aromatic hydroxyl groups is 1. The number of amides is 1. The van der Waals surface area contributed by atoms with Gasteiger partial charge in [0.05, 0.1) is 16.2 Å². The lowest BCUT2D eigenvalue weighted by Gasteiger charge is -2.16. The molecule has 8 heteroatoms. The molecule has 0 saturated carbocycles. The third-order valence-corrected chi connectivity index (χ3v) is 4.57. The van der Waals surface area contributed by atoms with E-state index in [2.05, 4.69) is 25.8 Å². The SMILES string of the molecule is O=C(NBr)c1cccc(-c2ccccc2)c1NCc1cc([N+](=O)[O-])ccc1O. The number of anilines is 1. The molecule has 3 aromatic rings. The van der Waals surface area contributed by atoms with E-state index < -0.39 is 4.92 Å². The first-order valence-corrected chi connectivity index (χ1v) is 9.10. The van der Waals surface area contributed by atoms with E-state index in [4.69, 9.17) is 0 Å². The lowest BCUT2D eigenvalue weighted by atomic mass is 9.99. The second-order valence-corrected chi connectivity index (χ2v) is 6.34. The van der Waals surface area contributed by atoms with Crippen LogP contribution in [0.15, 0.2) is 66.7 Å². The Morgan fingerprint density at radius 2 is 1.82 bits per heavy atom. The van der Waals surface area contributed by atoms with Crippen molar-refractivity contribution in [1.82, 2.24) is 4.34 Å². The first-order valence-electron chi connectivity index (χ1n) is 8.31. The Kier molecular flexibility index (Phi) is 5.90. The average molecular weight is 442 g/mol. The first-order chi connectivity index (χ1) is 13.5. The quantitative estimate of drug-likeness (QED) is 0.294. The van der Waals surface area contributed by atoms with Gasteiger partial charge in [0.1, 0.15) is 5.75 Å². The molecule has 3 aromatic carbocycles. The molecule has 0 heterocycles. The van der Waals surface area contributed by atoms with Gasteiger partial charge in [0, 0.05) is 46.0 Å². The molecule has 142 valence electrons. The Morgan fingerprint density at radius 1 is 1.07 bits per heavy atom. The van der Waals surface area contributed by atoms with Crippen molar-refractivity contribution in [2.45, 2.75) is 6.54 Å². The molecule has 0 atom stereocenters. The number of rotatable bonds is 6. The molecule has 7 nitrogen and oxygen atoms in total. The smallest absolute Gasteiger partial charge is 0.270 e. The summed E-state index contributed by atoms with van der Waals surface area (Å²) in [6.07, 6.45) is 0. The van der Waals surface area contributed by atoms with Gasteiger partial charge < -0.3 is 10.4 Å². The Bertz CT molecular complexity index is 1030. The van der Waals surface area contributed by atoms with Crippen molar-refractivity contribution in [3.05, 3.63) is 88.0 Å². The molecule has 1 amide bonds. The fourth-order valence-corrected chi connectivity index (χ4v) is 3.07. The Labute approximate surface area is 169 Å². The normalized spacial score (nSPS) is 10.3. The summed E-state index contributed by atoms with van der Waals surface area (Å²) in [6.45, 7) is 0.0971. The predicted octanol–water partition coefficient (Wildman–Crippen LogP) is 4.62. The summed E-state index contributed by atoms with van der Waals surface area (Å²) >= 11 is 2.96. The van der Waals surface area contributed by atoms with E-state index in [0.29, 0.717) is 16.8 Å². The third-order valence-electron chi connectivity index (χ3n) is 4.21. The van der Waals surface area contributed by atoms with Crippen LogP contribution in [0.3, 0.4) is 0 Å². The molecule has 0 saturated heterocycles. The molecule has 28 heavy (non-hydrogen) atoms. The zero-order valence-corrected chi connectivity index (χ0v) is 16.1. The number of benzene rings is 3. The average Bonchev–Trinajstić information content (AvgIpc) is 2.72. The summed E-state index contributed by atoms with van der Waals surface area (Å²) in [5.74, 6) is -0.412. The maximum absolute atomic E-state index is 12.3. The highest BCUT2D eigenvalue weighted by Gasteiger charge is 2.17. The van der Waals surface area contributed by atoms with Crippen molar-refractivity contribution < 1.29 is 14.8 Å². The summed E-state index contributed by atoms with van der Waals surface area (Å²) in [6, 6.07) is 18.6. The van der Waals surface area contributed by atoms with E-state index in [1.54, 1.807) is 12.1 Å². The van der Waals surface area contributed by atoms with Crippen LogP contribution in [0, 0.1) is 10.1 Å². The van der Waals surface area contributed by atoms with Crippen molar-refractivity contribution in [3.8, 4) is 16.9 Å². The molecule has 0 bridgehead atoms. The lowest BCUT2D eigenvalue weighted by molar-refractivity contribution is -0.384. The van der Waals surface area contributed by atoms with Gasteiger partial charge in [0.2, 0.25) is 0 Å². The summed E-state index contributed by atoms with van der Waals surface area (Å²) in [7, 11) is 0. The molecular formula is C20H16BrN3O4. The highest BCUT2D eigenvalue weighted by molar-refractivity contribution is 9.08. The minimum Gasteiger partial charge on any atom is -0.508 e. The van der Waals surface area contributed by atoms with Crippen LogP contribution in [-0.2, 0) is 6.54 Å². The summed E-state index contributed by atoms with van der Waals surface area (Å²) in [5, 5.41) is 24.2. The largest absolute Gasteiger partial charge is 0.508 e. The second kappa shape index (κ2) is 8.53. The molecule has 0 spiro atoms. The number of para-hydroxylation sites is 1. The zero-order chi connectivity index (χ0) is 20.1. The molecule has 3 rings (SSSR count). The molecule has 3 N–H and O–H groups in total. The maximum Gasteiger partial charge on any atom is 0.270 e. The fraction of sp³-hybridized carbons (Fsp3) is 0.0500. The minimum atomic E-state index is -0.523. The van der Waals surface area contributed by atoms with Crippen molar-refractivity contribution in [1.29, 1.82) is 0 Å². The maximum atomic E-state index is 12.3. The number of carbonyl (C=O) groups is 1. The summed E-state index contributed by atoms with van der Waals surface area (Å²) in [5.41, 5.74) is 2.86. The molecule has 0 unspecified atom stereocenters. The predicted molar refractivity (Wildman–Crippen MR) is 110 cm³/mol. The number of nitro benzene ring substituents is 1. The standard InChI is InChI=1S/C20H16BrN3O4/c21-23-20(26)17-8-4-7-16(13-5-2-1-3-6-13)19(17)22-12-14-11-15(24(27)28)9-10-18(14)25/h1-11,22,25H,12H2,(H,23,26). The van der Waals surface area contributed by atoms with Crippen LogP contribution >= 0.6 is 16.1 Å². The molecule has 0 radical (unpaired) electrons. The van der Waals surface area contributed by atoms with Crippen molar-refractivity contribution >= 4 is 33.4 Å². The van der Waals surface area contributed by atoms with Crippen LogP contribution in [0.25, 0.3) is 11.1 Å². The van der Waals surface area contributed by atoms with E-state index in [1.165, 1.54) is 18.2 Å². The molecular weight excluding hydrogens is 426 g/mol. The van der Waals surface area contributed by atoms with Gasteiger partial charge in [-0.25, -0.2) is 0 Å². The van der Waals surface area contributed by atoms with Gasteiger partial charge in [-0.15, -0.1) is 0 Å². The fourth-order valence-electron chi connectivity index (χ4n) is 2.85. The van der Waals surface area contributed by atoms with E-state index in [1.807, 2.05) is 36.4 Å². The van der Waals surface area contributed by atoms with Crippen LogP contribution in [0.1, 0.15) is 15.9 Å². The number of phenols is 1. The third kappa shape index (κ3) is 4.12. The molecule has 0 aromatic heterocycles. The monoisotopic (exact) mass is 441 g/mol. The van der Waals surface area contributed by atoms with Gasteiger partial charge in [-0.3, -0.25) is 19.3 Å². The number of carbonyl (C=O) groups excluding carboxylic acids is 1. The Morgan fingerprint density at radius 3 is 2.50 bits per heavy atom. The summed E-state index contributed by atoms with van der Waals surface area (Å²) < 4.78 is 2.43. The van der Waals surface area contributed by atoms with Gasteiger partial charge in [-0.05, 0) is 17.7 Å². The van der Waals surface area contributed by atoms with Crippen molar-refractivity contribution in [3.63, 3.8) is 0 Å². The number of nitrogens with zero attached hydrogens (tertiary/aromatic N) is 1. The van der Waals surface area contributed by atoms with Crippen LogP contribution in [0.2, 0.25) is 0 Å². The number of hydrogen-bond donors (Lipinski definition) is 3. The van der Waals surface area contributed by atoms with E-state index >= 15 is 0 Å². The van der Waals surface area contributed by atoms with Gasteiger partial charge in [-0.2, -0.15) is 0 Å². The van der Waals surface area contributed by atoms with Crippen LogP contribution in [-0.4, -0.2) is 15.9 Å². The van der Waals surface area contributed by atoms with Gasteiger partial charge in [0.15, 0.2) is 0 Å². The number of nitro groups is 1. The van der Waals surface area contributed by atoms with Crippen molar-refractivity contribution in [2.75, 3.05) is 5.32 Å². The molecule has 0 fully saturated rings. The minimum absolute atomic E-state index is 0.0678. The molecule has 0 aliphatic heterocycles. The Balaban J connectivity index is 2.02. The zero-order valence-electron chi connectivity index (χ0n) is 14.6. The van der Waals surface area contributed by atoms with Crippen LogP contribution < -0.4 is 9.66 Å². The lowest BCUT2D eigenvalue weighted by Crippen LogP contribution is -2.15. The highest BCUT2D eigenvalue weighted by Crippen LogP contribution is 2.32.